The average molecular weight is 349 g/mol. The van der Waals surface area contributed by atoms with Crippen LogP contribution in [0.2, 0.25) is 0 Å². The molecule has 1 fully saturated rings. The van der Waals surface area contributed by atoms with Crippen LogP contribution in [-0.2, 0) is 13.0 Å². The summed E-state index contributed by atoms with van der Waals surface area (Å²) in [6, 6.07) is 0.486. The highest BCUT2D eigenvalue weighted by molar-refractivity contribution is 5.32. The highest BCUT2D eigenvalue weighted by Gasteiger charge is 2.24. The monoisotopic (exact) mass is 349 g/mol. The van der Waals surface area contributed by atoms with Crippen molar-refractivity contribution in [3.8, 4) is 12.0 Å². The van der Waals surface area contributed by atoms with E-state index in [1.807, 2.05) is 6.92 Å². The minimum atomic E-state index is -0.140. The van der Waals surface area contributed by atoms with Crippen molar-refractivity contribution in [3.63, 3.8) is 0 Å². The molecule has 3 rings (SSSR count). The van der Waals surface area contributed by atoms with Crippen molar-refractivity contribution in [3.05, 3.63) is 16.3 Å². The van der Waals surface area contributed by atoms with Crippen LogP contribution in [0.15, 0.2) is 4.79 Å². The van der Waals surface area contributed by atoms with Gasteiger partial charge in [-0.05, 0) is 25.7 Å². The van der Waals surface area contributed by atoms with E-state index in [0.717, 1.165) is 38.2 Å². The molecule has 0 amide bonds. The van der Waals surface area contributed by atoms with Crippen LogP contribution in [-0.4, -0.2) is 57.0 Å². The maximum Gasteiger partial charge on any atom is 0.343 e. The maximum absolute atomic E-state index is 11.7. The summed E-state index contributed by atoms with van der Waals surface area (Å²) in [5, 5.41) is 6.68. The number of H-pyrrole nitrogens is 1. The zero-order chi connectivity index (χ0) is 17.8. The molecule has 10 heteroatoms. The minimum absolute atomic E-state index is 0.140. The Morgan fingerprint density at radius 1 is 1.12 bits per heavy atom. The summed E-state index contributed by atoms with van der Waals surface area (Å²) >= 11 is 0. The topological polar surface area (TPSA) is 111 Å². The Bertz CT molecular complexity index is 742. The van der Waals surface area contributed by atoms with Gasteiger partial charge in [-0.15, -0.1) is 4.98 Å². The normalized spacial score (nSPS) is 15.4. The van der Waals surface area contributed by atoms with Gasteiger partial charge < -0.3 is 14.4 Å². The Morgan fingerprint density at radius 3 is 2.32 bits per heavy atom. The number of rotatable bonds is 6. The lowest BCUT2D eigenvalue weighted by Crippen LogP contribution is -2.36. The van der Waals surface area contributed by atoms with E-state index in [4.69, 9.17) is 9.47 Å². The fraction of sp³-hybridized carbons (Fsp3) is 0.667. The quantitative estimate of drug-likeness (QED) is 0.790. The lowest BCUT2D eigenvalue weighted by Gasteiger charge is -2.31. The average Bonchev–Trinajstić information content (AvgIpc) is 3.01. The molecule has 0 spiro atoms. The summed E-state index contributed by atoms with van der Waals surface area (Å²) in [5.41, 5.74) is -0.140. The van der Waals surface area contributed by atoms with Gasteiger partial charge in [-0.25, -0.2) is 9.89 Å². The van der Waals surface area contributed by atoms with Crippen molar-refractivity contribution in [1.29, 1.82) is 0 Å². The number of ether oxygens (including phenoxy) is 2. The molecule has 0 aromatic carbocycles. The molecule has 25 heavy (non-hydrogen) atoms. The van der Waals surface area contributed by atoms with Crippen molar-refractivity contribution in [2.75, 3.05) is 32.2 Å². The fourth-order valence-corrected chi connectivity index (χ4v) is 3.08. The van der Waals surface area contributed by atoms with Crippen LogP contribution in [0.25, 0.3) is 0 Å². The van der Waals surface area contributed by atoms with Gasteiger partial charge in [0.05, 0.1) is 14.2 Å². The van der Waals surface area contributed by atoms with Gasteiger partial charge >= 0.3 is 17.7 Å². The molecular weight excluding hydrogens is 326 g/mol. The summed E-state index contributed by atoms with van der Waals surface area (Å²) in [5.74, 6) is 1.87. The highest BCUT2D eigenvalue weighted by atomic mass is 16.5. The van der Waals surface area contributed by atoms with E-state index in [1.54, 1.807) is 4.57 Å². The molecule has 2 aromatic rings. The van der Waals surface area contributed by atoms with Crippen molar-refractivity contribution >= 4 is 5.95 Å². The first kappa shape index (κ1) is 17.2. The predicted molar refractivity (Wildman–Crippen MR) is 90.1 cm³/mol. The molecule has 0 radical (unpaired) electrons. The number of hydrogen-bond donors (Lipinski definition) is 1. The minimum Gasteiger partial charge on any atom is -0.467 e. The van der Waals surface area contributed by atoms with Crippen LogP contribution < -0.4 is 20.1 Å². The zero-order valence-electron chi connectivity index (χ0n) is 14.7. The third-order valence-corrected chi connectivity index (χ3v) is 4.47. The molecule has 10 nitrogen and oxygen atoms in total. The molecule has 0 saturated carbocycles. The van der Waals surface area contributed by atoms with Gasteiger partial charge in [-0.1, -0.05) is 0 Å². The number of hydrogen-bond acceptors (Lipinski definition) is 8. The van der Waals surface area contributed by atoms with E-state index in [2.05, 4.69) is 30.0 Å². The third-order valence-electron chi connectivity index (χ3n) is 4.47. The molecule has 1 aliphatic rings. The van der Waals surface area contributed by atoms with Crippen molar-refractivity contribution in [2.24, 2.45) is 5.92 Å². The Morgan fingerprint density at radius 2 is 1.76 bits per heavy atom. The summed E-state index contributed by atoms with van der Waals surface area (Å²) in [4.78, 5) is 26.4. The van der Waals surface area contributed by atoms with E-state index in [9.17, 15) is 4.79 Å². The first-order chi connectivity index (χ1) is 12.1. The third kappa shape index (κ3) is 3.72. The van der Waals surface area contributed by atoms with Gasteiger partial charge in [0.15, 0.2) is 0 Å². The largest absolute Gasteiger partial charge is 0.467 e. The zero-order valence-corrected chi connectivity index (χ0v) is 14.7. The molecule has 1 saturated heterocycles. The van der Waals surface area contributed by atoms with Crippen LogP contribution in [0.4, 0.5) is 5.95 Å². The van der Waals surface area contributed by atoms with Gasteiger partial charge in [0.2, 0.25) is 5.95 Å². The van der Waals surface area contributed by atoms with Gasteiger partial charge in [0.25, 0.3) is 0 Å². The molecule has 0 bridgehead atoms. The van der Waals surface area contributed by atoms with Crippen LogP contribution in [0, 0.1) is 5.92 Å². The summed E-state index contributed by atoms with van der Waals surface area (Å²) in [6.07, 6.45) is 2.74. The van der Waals surface area contributed by atoms with Crippen LogP contribution in [0.5, 0.6) is 12.0 Å². The van der Waals surface area contributed by atoms with E-state index >= 15 is 0 Å². The van der Waals surface area contributed by atoms with Crippen LogP contribution >= 0.6 is 0 Å². The summed E-state index contributed by atoms with van der Waals surface area (Å²) < 4.78 is 11.9. The second kappa shape index (κ2) is 7.49. The van der Waals surface area contributed by atoms with E-state index in [1.165, 1.54) is 14.2 Å². The van der Waals surface area contributed by atoms with E-state index < -0.39 is 0 Å². The number of nitrogens with zero attached hydrogens (tertiary/aromatic N) is 6. The molecule has 0 atom stereocenters. The smallest absolute Gasteiger partial charge is 0.343 e. The van der Waals surface area contributed by atoms with Crippen molar-refractivity contribution < 1.29 is 9.47 Å². The lowest BCUT2D eigenvalue weighted by molar-refractivity contribution is 0.336. The molecule has 0 unspecified atom stereocenters. The highest BCUT2D eigenvalue weighted by Crippen LogP contribution is 2.24. The number of piperidine rings is 1. The number of methoxy groups -OCH3 is 2. The first-order valence-electron chi connectivity index (χ1n) is 8.37. The Labute approximate surface area is 145 Å². The fourth-order valence-electron chi connectivity index (χ4n) is 3.08. The second-order valence-electron chi connectivity index (χ2n) is 5.93. The first-order valence-corrected chi connectivity index (χ1v) is 8.37. The summed E-state index contributed by atoms with van der Waals surface area (Å²) in [7, 11) is 3.03. The number of aromatic amines is 1. The van der Waals surface area contributed by atoms with Gasteiger partial charge in [-0.2, -0.15) is 15.1 Å². The summed E-state index contributed by atoms with van der Waals surface area (Å²) in [6.45, 7) is 4.22. The van der Waals surface area contributed by atoms with Crippen LogP contribution in [0.3, 0.4) is 0 Å². The SMILES string of the molecule is CCn1c(CC2CCN(c3nc(OC)nc(OC)n3)CC2)n[nH]c1=O. The molecule has 1 N–H and O–H groups in total. The maximum atomic E-state index is 11.7. The van der Waals surface area contributed by atoms with Gasteiger partial charge in [0.1, 0.15) is 5.82 Å². The van der Waals surface area contributed by atoms with Crippen LogP contribution in [0.1, 0.15) is 25.6 Å². The predicted octanol–water partition coefficient (Wildman–Crippen LogP) is 0.253. The Balaban J connectivity index is 1.65. The van der Waals surface area contributed by atoms with Crippen molar-refractivity contribution in [1.82, 2.24) is 29.7 Å². The van der Waals surface area contributed by atoms with Gasteiger partial charge in [0, 0.05) is 26.1 Å². The van der Waals surface area contributed by atoms with E-state index in [-0.39, 0.29) is 17.7 Å². The van der Waals surface area contributed by atoms with E-state index in [0.29, 0.717) is 18.4 Å². The Hall–Kier alpha value is -2.65. The molecule has 3 heterocycles. The lowest BCUT2D eigenvalue weighted by atomic mass is 9.93. The molecule has 2 aromatic heterocycles. The van der Waals surface area contributed by atoms with Gasteiger partial charge in [-0.3, -0.25) is 4.57 Å². The number of nitrogens with one attached hydrogen (secondary N) is 1. The molecule has 0 aliphatic carbocycles. The Kier molecular flexibility index (Phi) is 5.15. The second-order valence-corrected chi connectivity index (χ2v) is 5.93. The standard InChI is InChI=1S/C15H23N7O3/c1-4-22-11(19-20-15(22)23)9-10-5-7-21(8-6-10)12-16-13(24-2)18-14(17-12)25-3/h10H,4-9H2,1-3H3,(H,20,23). The van der Waals surface area contributed by atoms with Crippen molar-refractivity contribution in [2.45, 2.75) is 32.7 Å². The number of anilines is 1. The molecular formula is C15H23N7O3. The molecule has 1 aliphatic heterocycles. The molecule has 136 valence electrons. The number of aromatic nitrogens is 6.